The first kappa shape index (κ1) is 12.9. The zero-order valence-corrected chi connectivity index (χ0v) is 10.7. The van der Waals surface area contributed by atoms with Crippen LogP contribution in [0.3, 0.4) is 0 Å². The summed E-state index contributed by atoms with van der Waals surface area (Å²) in [5.41, 5.74) is 1.20. The zero-order valence-electron chi connectivity index (χ0n) is 10.7. The molecule has 1 aliphatic rings. The van der Waals surface area contributed by atoms with Gasteiger partial charge in [0.1, 0.15) is 5.75 Å². The van der Waals surface area contributed by atoms with E-state index in [1.807, 2.05) is 31.3 Å². The molecule has 2 rings (SSSR count). The average Bonchev–Trinajstić information content (AvgIpc) is 2.58. The van der Waals surface area contributed by atoms with Gasteiger partial charge in [-0.25, -0.2) is 0 Å². The molecule has 0 saturated carbocycles. The molecule has 98 valence electrons. The third kappa shape index (κ3) is 3.47. The predicted octanol–water partition coefficient (Wildman–Crippen LogP) is 1.45. The van der Waals surface area contributed by atoms with Crippen molar-refractivity contribution in [2.45, 2.75) is 31.9 Å². The van der Waals surface area contributed by atoms with Crippen molar-refractivity contribution in [3.05, 3.63) is 29.8 Å². The van der Waals surface area contributed by atoms with Gasteiger partial charge in [-0.1, -0.05) is 12.1 Å². The summed E-state index contributed by atoms with van der Waals surface area (Å²) in [6.45, 7) is 1.60. The minimum atomic E-state index is -0.345. The molecule has 0 radical (unpaired) electrons. The van der Waals surface area contributed by atoms with E-state index in [2.05, 4.69) is 10.6 Å². The Kier molecular flexibility index (Phi) is 4.59. The van der Waals surface area contributed by atoms with Crippen molar-refractivity contribution in [2.24, 2.45) is 0 Å². The van der Waals surface area contributed by atoms with Crippen molar-refractivity contribution in [1.82, 2.24) is 10.6 Å². The van der Waals surface area contributed by atoms with Gasteiger partial charge in [0.05, 0.1) is 0 Å². The fourth-order valence-corrected chi connectivity index (χ4v) is 2.08. The summed E-state index contributed by atoms with van der Waals surface area (Å²) in [6.07, 6.45) is 2.51. The highest BCUT2D eigenvalue weighted by Gasteiger charge is 2.22. The van der Waals surface area contributed by atoms with Gasteiger partial charge in [0, 0.05) is 13.1 Å². The van der Waals surface area contributed by atoms with Crippen molar-refractivity contribution >= 4 is 5.91 Å². The molecule has 1 aromatic rings. The molecule has 1 saturated heterocycles. The Bertz CT molecular complexity index is 389. The van der Waals surface area contributed by atoms with Crippen molar-refractivity contribution in [1.29, 1.82) is 0 Å². The average molecular weight is 248 g/mol. The smallest absolute Gasteiger partial charge is 0.261 e. The number of ether oxygens (including phenoxy) is 1. The SMILES string of the molecule is CNCc1ccc(OC2CCCCNC2=O)cc1. The van der Waals surface area contributed by atoms with E-state index in [4.69, 9.17) is 4.74 Å². The Hall–Kier alpha value is -1.55. The Balaban J connectivity index is 1.97. The normalized spacial score (nSPS) is 20.1. The number of hydrogen-bond acceptors (Lipinski definition) is 3. The molecule has 4 heteroatoms. The summed E-state index contributed by atoms with van der Waals surface area (Å²) in [4.78, 5) is 11.7. The maximum Gasteiger partial charge on any atom is 0.261 e. The molecule has 2 N–H and O–H groups in total. The van der Waals surface area contributed by atoms with Crippen LogP contribution < -0.4 is 15.4 Å². The van der Waals surface area contributed by atoms with E-state index in [0.29, 0.717) is 0 Å². The van der Waals surface area contributed by atoms with Gasteiger partial charge in [0.15, 0.2) is 6.10 Å². The highest BCUT2D eigenvalue weighted by atomic mass is 16.5. The van der Waals surface area contributed by atoms with Crippen LogP contribution in [0.2, 0.25) is 0 Å². The quantitative estimate of drug-likeness (QED) is 0.848. The Morgan fingerprint density at radius 1 is 1.33 bits per heavy atom. The summed E-state index contributed by atoms with van der Waals surface area (Å²) in [5.74, 6) is 0.767. The molecule has 0 aromatic heterocycles. The van der Waals surface area contributed by atoms with Gasteiger partial charge >= 0.3 is 0 Å². The summed E-state index contributed by atoms with van der Waals surface area (Å²) >= 11 is 0. The van der Waals surface area contributed by atoms with E-state index in [-0.39, 0.29) is 12.0 Å². The molecule has 1 heterocycles. The first-order valence-corrected chi connectivity index (χ1v) is 6.47. The topological polar surface area (TPSA) is 50.4 Å². The fourth-order valence-electron chi connectivity index (χ4n) is 2.08. The molecule has 1 amide bonds. The van der Waals surface area contributed by atoms with Crippen LogP contribution in [0.25, 0.3) is 0 Å². The lowest BCUT2D eigenvalue weighted by Gasteiger charge is -2.16. The minimum Gasteiger partial charge on any atom is -0.481 e. The molecule has 4 nitrogen and oxygen atoms in total. The molecule has 1 fully saturated rings. The van der Waals surface area contributed by atoms with Crippen LogP contribution in [0.1, 0.15) is 24.8 Å². The molecule has 1 atom stereocenters. The van der Waals surface area contributed by atoms with Crippen molar-refractivity contribution in [2.75, 3.05) is 13.6 Å². The Morgan fingerprint density at radius 3 is 2.83 bits per heavy atom. The highest BCUT2D eigenvalue weighted by molar-refractivity contribution is 5.81. The first-order chi connectivity index (χ1) is 8.79. The summed E-state index contributed by atoms with van der Waals surface area (Å²) in [7, 11) is 1.92. The van der Waals surface area contributed by atoms with Gasteiger partial charge in [-0.05, 0) is 44.0 Å². The van der Waals surface area contributed by atoms with Crippen molar-refractivity contribution in [3.63, 3.8) is 0 Å². The minimum absolute atomic E-state index is 0.00630. The number of carbonyl (C=O) groups excluding carboxylic acids is 1. The maximum atomic E-state index is 11.7. The molecular formula is C14H20N2O2. The van der Waals surface area contributed by atoms with Crippen LogP contribution in [0.4, 0.5) is 0 Å². The van der Waals surface area contributed by atoms with Crippen LogP contribution >= 0.6 is 0 Å². The van der Waals surface area contributed by atoms with Crippen molar-refractivity contribution < 1.29 is 9.53 Å². The number of amides is 1. The maximum absolute atomic E-state index is 11.7. The third-order valence-electron chi connectivity index (χ3n) is 3.07. The van der Waals surface area contributed by atoms with Gasteiger partial charge in [0.25, 0.3) is 5.91 Å². The van der Waals surface area contributed by atoms with E-state index in [0.717, 1.165) is 38.1 Å². The molecule has 0 aliphatic carbocycles. The van der Waals surface area contributed by atoms with Gasteiger partial charge in [0.2, 0.25) is 0 Å². The van der Waals surface area contributed by atoms with E-state index in [1.54, 1.807) is 0 Å². The predicted molar refractivity (Wildman–Crippen MR) is 70.5 cm³/mol. The molecule has 0 bridgehead atoms. The number of nitrogens with one attached hydrogen (secondary N) is 2. The highest BCUT2D eigenvalue weighted by Crippen LogP contribution is 2.17. The molecule has 1 unspecified atom stereocenters. The van der Waals surface area contributed by atoms with Gasteiger partial charge in [-0.2, -0.15) is 0 Å². The fraction of sp³-hybridized carbons (Fsp3) is 0.500. The van der Waals surface area contributed by atoms with E-state index < -0.39 is 0 Å². The van der Waals surface area contributed by atoms with Crippen LogP contribution in [-0.4, -0.2) is 25.6 Å². The van der Waals surface area contributed by atoms with Crippen LogP contribution in [0.5, 0.6) is 5.75 Å². The third-order valence-corrected chi connectivity index (χ3v) is 3.07. The molecule has 18 heavy (non-hydrogen) atoms. The number of rotatable bonds is 4. The summed E-state index contributed by atoms with van der Waals surface area (Å²) in [5, 5.41) is 5.97. The lowest BCUT2D eigenvalue weighted by atomic mass is 10.1. The summed E-state index contributed by atoms with van der Waals surface area (Å²) < 4.78 is 5.75. The Labute approximate surface area is 108 Å². The molecule has 1 aliphatic heterocycles. The second-order valence-corrected chi connectivity index (χ2v) is 4.57. The number of benzene rings is 1. The largest absolute Gasteiger partial charge is 0.481 e. The number of hydrogen-bond donors (Lipinski definition) is 2. The van der Waals surface area contributed by atoms with E-state index in [9.17, 15) is 4.79 Å². The van der Waals surface area contributed by atoms with E-state index in [1.165, 1.54) is 5.56 Å². The molecule has 1 aromatic carbocycles. The molecule has 0 spiro atoms. The lowest BCUT2D eigenvalue weighted by molar-refractivity contribution is -0.127. The van der Waals surface area contributed by atoms with Crippen LogP contribution in [-0.2, 0) is 11.3 Å². The lowest BCUT2D eigenvalue weighted by Crippen LogP contribution is -2.36. The Morgan fingerprint density at radius 2 is 2.11 bits per heavy atom. The van der Waals surface area contributed by atoms with Gasteiger partial charge < -0.3 is 15.4 Å². The van der Waals surface area contributed by atoms with Gasteiger partial charge in [-0.15, -0.1) is 0 Å². The second kappa shape index (κ2) is 6.40. The molecular weight excluding hydrogens is 228 g/mol. The van der Waals surface area contributed by atoms with Crippen molar-refractivity contribution in [3.8, 4) is 5.75 Å². The van der Waals surface area contributed by atoms with Crippen LogP contribution in [0, 0.1) is 0 Å². The standard InChI is InChI=1S/C14H20N2O2/c1-15-10-11-5-7-12(8-6-11)18-13-4-2-3-9-16-14(13)17/h5-8,13,15H,2-4,9-10H2,1H3,(H,16,17). The second-order valence-electron chi connectivity index (χ2n) is 4.57. The summed E-state index contributed by atoms with van der Waals surface area (Å²) in [6, 6.07) is 7.87. The number of carbonyl (C=O) groups is 1. The zero-order chi connectivity index (χ0) is 12.8. The van der Waals surface area contributed by atoms with E-state index >= 15 is 0 Å². The van der Waals surface area contributed by atoms with Gasteiger partial charge in [-0.3, -0.25) is 4.79 Å². The monoisotopic (exact) mass is 248 g/mol. The van der Waals surface area contributed by atoms with Crippen LogP contribution in [0.15, 0.2) is 24.3 Å². The first-order valence-electron chi connectivity index (χ1n) is 6.47.